The Labute approximate surface area is 162 Å². The van der Waals surface area contributed by atoms with Crippen molar-refractivity contribution in [3.8, 4) is 11.3 Å². The van der Waals surface area contributed by atoms with E-state index in [0.717, 1.165) is 30.5 Å². The van der Waals surface area contributed by atoms with Crippen molar-refractivity contribution < 1.29 is 14.7 Å². The third kappa shape index (κ3) is 3.38. The first-order valence-corrected chi connectivity index (χ1v) is 10.4. The van der Waals surface area contributed by atoms with Crippen molar-refractivity contribution in [1.82, 2.24) is 4.98 Å². The molecular weight excluding hydrogens is 360 g/mol. The average molecular weight is 385 g/mol. The van der Waals surface area contributed by atoms with Crippen LogP contribution in [0.5, 0.6) is 0 Å². The SMILES string of the molecule is CC(C)c1ccc(-c2csc(NC(=O)C3C4CCC(C4)C3C(=O)O)n2)cc1. The van der Waals surface area contributed by atoms with Crippen molar-refractivity contribution in [3.63, 3.8) is 0 Å². The lowest BCUT2D eigenvalue weighted by Gasteiger charge is -2.26. The van der Waals surface area contributed by atoms with Gasteiger partial charge in [-0.2, -0.15) is 0 Å². The van der Waals surface area contributed by atoms with Crippen LogP contribution < -0.4 is 5.32 Å². The van der Waals surface area contributed by atoms with Crippen LogP contribution in [0.1, 0.15) is 44.6 Å². The Kier molecular flexibility index (Phi) is 4.76. The van der Waals surface area contributed by atoms with E-state index in [-0.39, 0.29) is 17.7 Å². The van der Waals surface area contributed by atoms with Gasteiger partial charge < -0.3 is 10.4 Å². The number of hydrogen-bond donors (Lipinski definition) is 2. The summed E-state index contributed by atoms with van der Waals surface area (Å²) in [5.41, 5.74) is 3.12. The minimum absolute atomic E-state index is 0.148. The molecule has 0 saturated heterocycles. The number of amides is 1. The summed E-state index contributed by atoms with van der Waals surface area (Å²) in [6, 6.07) is 8.30. The molecule has 5 nitrogen and oxygen atoms in total. The van der Waals surface area contributed by atoms with Gasteiger partial charge in [0.05, 0.1) is 17.5 Å². The number of thiazole rings is 1. The van der Waals surface area contributed by atoms with E-state index in [1.54, 1.807) is 0 Å². The molecule has 1 aromatic heterocycles. The average Bonchev–Trinajstić information content (AvgIpc) is 3.37. The highest BCUT2D eigenvalue weighted by molar-refractivity contribution is 7.14. The van der Waals surface area contributed by atoms with Gasteiger partial charge in [-0.15, -0.1) is 11.3 Å². The highest BCUT2D eigenvalue weighted by atomic mass is 32.1. The molecule has 0 aliphatic heterocycles. The number of nitrogens with zero attached hydrogens (tertiary/aromatic N) is 1. The number of nitrogens with one attached hydrogen (secondary N) is 1. The normalized spacial score (nSPS) is 26.5. The van der Waals surface area contributed by atoms with Crippen LogP contribution in [-0.2, 0) is 9.59 Å². The second-order valence-electron chi connectivity index (χ2n) is 8.03. The van der Waals surface area contributed by atoms with E-state index in [2.05, 4.69) is 36.3 Å². The van der Waals surface area contributed by atoms with E-state index in [9.17, 15) is 14.7 Å². The standard InChI is InChI=1S/C21H24N2O3S/c1-11(2)12-3-5-13(6-4-12)16-10-27-21(22-16)23-19(24)17-14-7-8-15(9-14)18(17)20(25)26/h3-6,10-11,14-15,17-18H,7-9H2,1-2H3,(H,25,26)(H,22,23,24). The highest BCUT2D eigenvalue weighted by Crippen LogP contribution is 2.52. The van der Waals surface area contributed by atoms with Gasteiger partial charge in [-0.25, -0.2) is 4.98 Å². The molecule has 4 rings (SSSR count). The fourth-order valence-corrected chi connectivity index (χ4v) is 5.44. The molecule has 2 aromatic rings. The number of carboxylic acid groups (broad SMARTS) is 1. The second kappa shape index (κ2) is 7.08. The molecule has 1 aromatic carbocycles. The first-order valence-electron chi connectivity index (χ1n) is 9.53. The summed E-state index contributed by atoms with van der Waals surface area (Å²) in [5, 5.41) is 14.9. The molecule has 6 heteroatoms. The van der Waals surface area contributed by atoms with Crippen LogP contribution in [0.3, 0.4) is 0 Å². The van der Waals surface area contributed by atoms with Crippen molar-refractivity contribution >= 4 is 28.3 Å². The molecule has 2 N–H and O–H groups in total. The quantitative estimate of drug-likeness (QED) is 0.788. The number of rotatable bonds is 5. The van der Waals surface area contributed by atoms with Crippen LogP contribution >= 0.6 is 11.3 Å². The van der Waals surface area contributed by atoms with Gasteiger partial charge >= 0.3 is 5.97 Å². The third-order valence-electron chi connectivity index (χ3n) is 6.11. The molecule has 2 saturated carbocycles. The number of hydrogen-bond acceptors (Lipinski definition) is 4. The van der Waals surface area contributed by atoms with E-state index in [1.165, 1.54) is 16.9 Å². The zero-order valence-electron chi connectivity index (χ0n) is 15.5. The first kappa shape index (κ1) is 18.2. The van der Waals surface area contributed by atoms with Crippen LogP contribution in [0.2, 0.25) is 0 Å². The largest absolute Gasteiger partial charge is 0.481 e. The molecule has 2 fully saturated rings. The topological polar surface area (TPSA) is 79.3 Å². The maximum absolute atomic E-state index is 12.8. The Morgan fingerprint density at radius 3 is 2.44 bits per heavy atom. The van der Waals surface area contributed by atoms with E-state index in [1.807, 2.05) is 17.5 Å². The smallest absolute Gasteiger partial charge is 0.307 e. The van der Waals surface area contributed by atoms with Crippen LogP contribution in [0.25, 0.3) is 11.3 Å². The van der Waals surface area contributed by atoms with Crippen LogP contribution in [-0.4, -0.2) is 22.0 Å². The number of aromatic nitrogens is 1. The maximum atomic E-state index is 12.8. The van der Waals surface area contributed by atoms with Gasteiger partial charge in [-0.3, -0.25) is 9.59 Å². The number of anilines is 1. The first-order chi connectivity index (χ1) is 12.9. The van der Waals surface area contributed by atoms with E-state index < -0.39 is 17.8 Å². The van der Waals surface area contributed by atoms with Gasteiger partial charge in [0.1, 0.15) is 0 Å². The maximum Gasteiger partial charge on any atom is 0.307 e. The van der Waals surface area contributed by atoms with Crippen molar-refractivity contribution in [2.45, 2.75) is 39.0 Å². The summed E-state index contributed by atoms with van der Waals surface area (Å²) >= 11 is 1.38. The van der Waals surface area contributed by atoms with Crippen molar-refractivity contribution in [2.24, 2.45) is 23.7 Å². The molecule has 4 unspecified atom stereocenters. The molecule has 2 bridgehead atoms. The van der Waals surface area contributed by atoms with Gasteiger partial charge in [-0.05, 0) is 42.6 Å². The van der Waals surface area contributed by atoms with Crippen molar-refractivity contribution in [2.75, 3.05) is 5.32 Å². The van der Waals surface area contributed by atoms with Crippen molar-refractivity contribution in [3.05, 3.63) is 35.2 Å². The Balaban J connectivity index is 1.47. The van der Waals surface area contributed by atoms with Gasteiger partial charge in [0.15, 0.2) is 5.13 Å². The number of carbonyl (C=O) groups excluding carboxylic acids is 1. The van der Waals surface area contributed by atoms with Crippen LogP contribution in [0.4, 0.5) is 5.13 Å². The molecule has 2 aliphatic carbocycles. The van der Waals surface area contributed by atoms with Gasteiger partial charge in [0, 0.05) is 10.9 Å². The lowest BCUT2D eigenvalue weighted by atomic mass is 9.79. The van der Waals surface area contributed by atoms with Crippen molar-refractivity contribution in [1.29, 1.82) is 0 Å². The Bertz CT molecular complexity index is 859. The number of aliphatic carboxylic acids is 1. The number of benzene rings is 1. The minimum atomic E-state index is -0.840. The predicted molar refractivity (Wildman–Crippen MR) is 106 cm³/mol. The highest BCUT2D eigenvalue weighted by Gasteiger charge is 2.54. The second-order valence-corrected chi connectivity index (χ2v) is 8.88. The number of fused-ring (bicyclic) bond motifs is 2. The third-order valence-corrected chi connectivity index (χ3v) is 6.87. The number of carbonyl (C=O) groups is 2. The van der Waals surface area contributed by atoms with E-state index in [0.29, 0.717) is 11.0 Å². The fraction of sp³-hybridized carbons (Fsp3) is 0.476. The molecule has 2 aliphatic rings. The Morgan fingerprint density at radius 1 is 1.15 bits per heavy atom. The van der Waals surface area contributed by atoms with Gasteiger partial charge in [0.25, 0.3) is 0 Å². The zero-order chi connectivity index (χ0) is 19.1. The molecule has 0 spiro atoms. The summed E-state index contributed by atoms with van der Waals surface area (Å²) in [5.74, 6) is -1.19. The molecule has 4 atom stereocenters. The van der Waals surface area contributed by atoms with E-state index in [4.69, 9.17) is 0 Å². The molecule has 1 amide bonds. The van der Waals surface area contributed by atoms with Crippen LogP contribution in [0, 0.1) is 23.7 Å². The lowest BCUT2D eigenvalue weighted by Crippen LogP contribution is -2.37. The molecular formula is C21H24N2O3S. The fourth-order valence-electron chi connectivity index (χ4n) is 4.72. The van der Waals surface area contributed by atoms with E-state index >= 15 is 0 Å². The lowest BCUT2D eigenvalue weighted by molar-refractivity contribution is -0.148. The minimum Gasteiger partial charge on any atom is -0.481 e. The Hall–Kier alpha value is -2.21. The molecule has 142 valence electrons. The summed E-state index contributed by atoms with van der Waals surface area (Å²) in [7, 11) is 0. The Morgan fingerprint density at radius 2 is 1.81 bits per heavy atom. The monoisotopic (exact) mass is 384 g/mol. The summed E-state index contributed by atoms with van der Waals surface area (Å²) < 4.78 is 0. The summed E-state index contributed by atoms with van der Waals surface area (Å²) in [6.45, 7) is 4.32. The van der Waals surface area contributed by atoms with Gasteiger partial charge in [0.2, 0.25) is 5.91 Å². The molecule has 1 heterocycles. The number of carboxylic acids is 1. The molecule has 27 heavy (non-hydrogen) atoms. The zero-order valence-corrected chi connectivity index (χ0v) is 16.3. The van der Waals surface area contributed by atoms with Gasteiger partial charge in [-0.1, -0.05) is 38.1 Å². The summed E-state index contributed by atoms with van der Waals surface area (Å²) in [6.07, 6.45) is 2.75. The van der Waals surface area contributed by atoms with Crippen LogP contribution in [0.15, 0.2) is 29.6 Å². The predicted octanol–water partition coefficient (Wildman–Crippen LogP) is 4.62. The molecule has 0 radical (unpaired) electrons. The summed E-state index contributed by atoms with van der Waals surface area (Å²) in [4.78, 5) is 28.9.